The van der Waals surface area contributed by atoms with E-state index in [-0.39, 0.29) is 6.54 Å². The number of nitrogens with one attached hydrogen (secondary N) is 3. The van der Waals surface area contributed by atoms with E-state index in [1.165, 1.54) is 0 Å². The molecule has 0 rings (SSSR count). The zero-order valence-corrected chi connectivity index (χ0v) is 10.7. The molecule has 4 N–H and O–H groups in total. The topological polar surface area (TPSA) is 111 Å². The third-order valence-corrected chi connectivity index (χ3v) is 1.91. The lowest BCUT2D eigenvalue weighted by molar-refractivity contribution is -0.137. The van der Waals surface area contributed by atoms with Gasteiger partial charge in [0.1, 0.15) is 6.54 Å². The first-order valence-corrected chi connectivity index (χ1v) is 5.56. The molecule has 0 radical (unpaired) electrons. The van der Waals surface area contributed by atoms with Crippen LogP contribution < -0.4 is 16.0 Å². The molecule has 3 amide bonds. The molecule has 0 aromatic carbocycles. The molecule has 0 atom stereocenters. The van der Waals surface area contributed by atoms with Gasteiger partial charge in [-0.3, -0.25) is 9.59 Å². The SMILES string of the molecule is CN(C)CCCNC(=O)NCC(=O)NCC(=O)O. The van der Waals surface area contributed by atoms with Crippen molar-refractivity contribution >= 4 is 17.9 Å². The second kappa shape index (κ2) is 9.23. The molecular weight excluding hydrogens is 240 g/mol. The molecule has 0 aliphatic rings. The first kappa shape index (κ1) is 16.2. The number of carboxylic acid groups (broad SMARTS) is 1. The minimum absolute atomic E-state index is 0.243. The molecule has 0 spiro atoms. The highest BCUT2D eigenvalue weighted by atomic mass is 16.4. The standard InChI is InChI=1S/C10H20N4O4/c1-14(2)5-3-4-11-10(18)13-6-8(15)12-7-9(16)17/h3-7H2,1-2H3,(H,12,15)(H,16,17)(H2,11,13,18). The van der Waals surface area contributed by atoms with E-state index in [4.69, 9.17) is 5.11 Å². The number of urea groups is 1. The Labute approximate surface area is 106 Å². The number of carboxylic acids is 1. The van der Waals surface area contributed by atoms with Crippen molar-refractivity contribution in [3.8, 4) is 0 Å². The van der Waals surface area contributed by atoms with Crippen molar-refractivity contribution in [3.05, 3.63) is 0 Å². The molecule has 0 fully saturated rings. The summed E-state index contributed by atoms with van der Waals surface area (Å²) in [7, 11) is 3.87. The van der Waals surface area contributed by atoms with Crippen LogP contribution in [0.2, 0.25) is 0 Å². The highest BCUT2D eigenvalue weighted by Gasteiger charge is 2.05. The van der Waals surface area contributed by atoms with E-state index in [0.29, 0.717) is 6.54 Å². The van der Waals surface area contributed by atoms with Crippen molar-refractivity contribution in [1.82, 2.24) is 20.9 Å². The highest BCUT2D eigenvalue weighted by Crippen LogP contribution is 1.80. The molecule has 0 aliphatic carbocycles. The van der Waals surface area contributed by atoms with Crippen molar-refractivity contribution < 1.29 is 19.5 Å². The average molecular weight is 260 g/mol. The van der Waals surface area contributed by atoms with E-state index < -0.39 is 24.5 Å². The molecule has 0 aromatic rings. The van der Waals surface area contributed by atoms with Crippen LogP contribution in [0.15, 0.2) is 0 Å². The Morgan fingerprint density at radius 2 is 1.72 bits per heavy atom. The second-order valence-electron chi connectivity index (χ2n) is 3.94. The van der Waals surface area contributed by atoms with Crippen LogP contribution in [-0.4, -0.2) is 68.2 Å². The smallest absolute Gasteiger partial charge is 0.322 e. The monoisotopic (exact) mass is 260 g/mol. The Morgan fingerprint density at radius 1 is 1.06 bits per heavy atom. The third-order valence-electron chi connectivity index (χ3n) is 1.91. The quantitative estimate of drug-likeness (QED) is 0.394. The summed E-state index contributed by atoms with van der Waals surface area (Å²) >= 11 is 0. The Bertz CT molecular complexity index is 294. The zero-order chi connectivity index (χ0) is 14.0. The van der Waals surface area contributed by atoms with Crippen molar-refractivity contribution in [3.63, 3.8) is 0 Å². The van der Waals surface area contributed by atoms with Gasteiger partial charge in [0.2, 0.25) is 5.91 Å². The lowest BCUT2D eigenvalue weighted by Gasteiger charge is -2.10. The number of aliphatic carboxylic acids is 1. The lowest BCUT2D eigenvalue weighted by Crippen LogP contribution is -2.43. The molecule has 104 valence electrons. The van der Waals surface area contributed by atoms with Gasteiger partial charge >= 0.3 is 12.0 Å². The summed E-state index contributed by atoms with van der Waals surface area (Å²) in [5.41, 5.74) is 0. The number of carbonyl (C=O) groups is 3. The Hall–Kier alpha value is -1.83. The van der Waals surface area contributed by atoms with Gasteiger partial charge in [-0.25, -0.2) is 4.79 Å². The maximum Gasteiger partial charge on any atom is 0.322 e. The molecule has 8 nitrogen and oxygen atoms in total. The molecule has 0 bridgehead atoms. The lowest BCUT2D eigenvalue weighted by atomic mass is 10.4. The predicted octanol–water partition coefficient (Wildman–Crippen LogP) is -1.56. The summed E-state index contributed by atoms with van der Waals surface area (Å²) in [5, 5.41) is 15.4. The van der Waals surface area contributed by atoms with Crippen LogP contribution in [0.4, 0.5) is 4.79 Å². The van der Waals surface area contributed by atoms with Crippen molar-refractivity contribution in [2.45, 2.75) is 6.42 Å². The van der Waals surface area contributed by atoms with Crippen LogP contribution in [0, 0.1) is 0 Å². The van der Waals surface area contributed by atoms with Crippen LogP contribution in [-0.2, 0) is 9.59 Å². The number of rotatable bonds is 8. The highest BCUT2D eigenvalue weighted by molar-refractivity contribution is 5.86. The van der Waals surface area contributed by atoms with Gasteiger partial charge in [0.25, 0.3) is 0 Å². The summed E-state index contributed by atoms with van der Waals surface area (Å²) in [6, 6.07) is -0.445. The van der Waals surface area contributed by atoms with Gasteiger partial charge in [-0.1, -0.05) is 0 Å². The number of carbonyl (C=O) groups excluding carboxylic acids is 2. The number of nitrogens with zero attached hydrogens (tertiary/aromatic N) is 1. The number of hydrogen-bond donors (Lipinski definition) is 4. The third kappa shape index (κ3) is 10.7. The maximum absolute atomic E-state index is 11.2. The molecule has 0 aromatic heterocycles. The Balaban J connectivity index is 3.52. The molecule has 0 saturated heterocycles. The first-order chi connectivity index (χ1) is 8.41. The van der Waals surface area contributed by atoms with Crippen LogP contribution >= 0.6 is 0 Å². The van der Waals surface area contributed by atoms with Crippen LogP contribution in [0.3, 0.4) is 0 Å². The normalized spacial score (nSPS) is 9.94. The summed E-state index contributed by atoms with van der Waals surface area (Å²) in [5.74, 6) is -1.67. The summed E-state index contributed by atoms with van der Waals surface area (Å²) < 4.78 is 0. The first-order valence-electron chi connectivity index (χ1n) is 5.56. The van der Waals surface area contributed by atoms with E-state index in [0.717, 1.165) is 13.0 Å². The molecule has 0 unspecified atom stereocenters. The van der Waals surface area contributed by atoms with E-state index in [1.807, 2.05) is 19.0 Å². The minimum Gasteiger partial charge on any atom is -0.480 e. The Morgan fingerprint density at radius 3 is 2.28 bits per heavy atom. The summed E-state index contributed by atoms with van der Waals surface area (Å²) in [6.45, 7) is 0.678. The fourth-order valence-corrected chi connectivity index (χ4v) is 1.06. The van der Waals surface area contributed by atoms with Crippen LogP contribution in [0.5, 0.6) is 0 Å². The second-order valence-corrected chi connectivity index (χ2v) is 3.94. The van der Waals surface area contributed by atoms with Gasteiger partial charge in [0.15, 0.2) is 0 Å². The number of hydrogen-bond acceptors (Lipinski definition) is 4. The van der Waals surface area contributed by atoms with E-state index in [9.17, 15) is 14.4 Å². The van der Waals surface area contributed by atoms with Gasteiger partial charge in [-0.2, -0.15) is 0 Å². The molecule has 0 heterocycles. The van der Waals surface area contributed by atoms with Gasteiger partial charge in [-0.15, -0.1) is 0 Å². The van der Waals surface area contributed by atoms with Gasteiger partial charge < -0.3 is 26.0 Å². The van der Waals surface area contributed by atoms with Crippen LogP contribution in [0.25, 0.3) is 0 Å². The van der Waals surface area contributed by atoms with Gasteiger partial charge in [0, 0.05) is 6.54 Å². The van der Waals surface area contributed by atoms with Gasteiger partial charge in [-0.05, 0) is 27.1 Å². The fourth-order valence-electron chi connectivity index (χ4n) is 1.06. The largest absolute Gasteiger partial charge is 0.480 e. The minimum atomic E-state index is -1.13. The molecular formula is C10H20N4O4. The Kier molecular flexibility index (Phi) is 8.29. The van der Waals surface area contributed by atoms with Crippen molar-refractivity contribution in [2.24, 2.45) is 0 Å². The van der Waals surface area contributed by atoms with E-state index in [1.54, 1.807) is 0 Å². The summed E-state index contributed by atoms with van der Waals surface area (Å²) in [4.78, 5) is 34.4. The van der Waals surface area contributed by atoms with Gasteiger partial charge in [0.05, 0.1) is 6.54 Å². The van der Waals surface area contributed by atoms with Crippen molar-refractivity contribution in [2.75, 3.05) is 40.3 Å². The maximum atomic E-state index is 11.2. The molecule has 0 aliphatic heterocycles. The van der Waals surface area contributed by atoms with E-state index in [2.05, 4.69) is 16.0 Å². The molecule has 18 heavy (non-hydrogen) atoms. The average Bonchev–Trinajstić information content (AvgIpc) is 2.29. The van der Waals surface area contributed by atoms with Crippen LogP contribution in [0.1, 0.15) is 6.42 Å². The van der Waals surface area contributed by atoms with Crippen molar-refractivity contribution in [1.29, 1.82) is 0 Å². The molecule has 8 heteroatoms. The van der Waals surface area contributed by atoms with E-state index >= 15 is 0 Å². The zero-order valence-electron chi connectivity index (χ0n) is 10.7. The number of amides is 3. The fraction of sp³-hybridized carbons (Fsp3) is 0.700. The summed E-state index contributed by atoms with van der Waals surface area (Å²) in [6.07, 6.45) is 0.811. The molecule has 0 saturated carbocycles. The predicted molar refractivity (Wildman–Crippen MR) is 65.2 cm³/mol.